The summed E-state index contributed by atoms with van der Waals surface area (Å²) < 4.78 is 13.8. The molecular formula is C23H23N3O3S. The van der Waals surface area contributed by atoms with Crippen molar-refractivity contribution in [1.82, 2.24) is 9.78 Å². The number of anilines is 1. The minimum Gasteiger partial charge on any atom is -0.482 e. The zero-order valence-corrected chi connectivity index (χ0v) is 18.0. The van der Waals surface area contributed by atoms with Crippen molar-refractivity contribution in [2.24, 2.45) is 0 Å². The number of carbonyl (C=O) groups excluding carboxylic acids is 1. The van der Waals surface area contributed by atoms with Gasteiger partial charge in [-0.3, -0.25) is 4.79 Å². The van der Waals surface area contributed by atoms with E-state index < -0.39 is 12.2 Å². The lowest BCUT2D eigenvalue weighted by atomic mass is 10.1. The van der Waals surface area contributed by atoms with E-state index in [-0.39, 0.29) is 5.91 Å². The van der Waals surface area contributed by atoms with Crippen molar-refractivity contribution in [3.8, 4) is 17.2 Å². The van der Waals surface area contributed by atoms with Crippen LogP contribution in [0.15, 0.2) is 42.5 Å². The molecule has 0 fully saturated rings. The summed E-state index contributed by atoms with van der Waals surface area (Å²) in [5.74, 6) is 3.41. The van der Waals surface area contributed by atoms with Crippen LogP contribution in [-0.4, -0.2) is 27.9 Å². The monoisotopic (exact) mass is 421 g/mol. The number of benzene rings is 2. The molecule has 2 aromatic carbocycles. The van der Waals surface area contributed by atoms with Crippen LogP contribution in [0.25, 0.3) is 5.69 Å². The molecule has 2 aliphatic rings. The Kier molecular flexibility index (Phi) is 4.70. The van der Waals surface area contributed by atoms with Crippen LogP contribution in [0.1, 0.15) is 29.3 Å². The van der Waals surface area contributed by atoms with Gasteiger partial charge in [-0.25, -0.2) is 4.68 Å². The standard InChI is InChI=1S/C23H23N3O3S/c1-13-8-9-18(14(2)10-13)26-22(16-11-30-12-17(16)25-26)24-23(27)21-15(3)28-19-6-4-5-7-20(19)29-21/h4-10,15,21H,11-12H2,1-3H3,(H,24,27). The fraction of sp³-hybridized carbons (Fsp3) is 0.304. The zero-order valence-electron chi connectivity index (χ0n) is 17.1. The number of hydrogen-bond donors (Lipinski definition) is 1. The minimum atomic E-state index is -0.743. The lowest BCUT2D eigenvalue weighted by Gasteiger charge is -2.31. The molecule has 0 aliphatic carbocycles. The Morgan fingerprint density at radius 2 is 1.90 bits per heavy atom. The number of hydrogen-bond acceptors (Lipinski definition) is 5. The lowest BCUT2D eigenvalue weighted by Crippen LogP contribution is -2.46. The van der Waals surface area contributed by atoms with Crippen LogP contribution < -0.4 is 14.8 Å². The second kappa shape index (κ2) is 7.40. The highest BCUT2D eigenvalue weighted by atomic mass is 32.2. The number of rotatable bonds is 3. The minimum absolute atomic E-state index is 0.234. The topological polar surface area (TPSA) is 65.4 Å². The van der Waals surface area contributed by atoms with Gasteiger partial charge >= 0.3 is 0 Å². The lowest BCUT2D eigenvalue weighted by molar-refractivity contribution is -0.128. The van der Waals surface area contributed by atoms with Crippen LogP contribution in [0, 0.1) is 13.8 Å². The van der Waals surface area contributed by atoms with Gasteiger partial charge in [0.25, 0.3) is 5.91 Å². The molecule has 1 aromatic heterocycles. The van der Waals surface area contributed by atoms with E-state index in [9.17, 15) is 4.79 Å². The van der Waals surface area contributed by atoms with E-state index in [0.717, 1.165) is 39.8 Å². The summed E-state index contributed by atoms with van der Waals surface area (Å²) in [6.45, 7) is 5.98. The zero-order chi connectivity index (χ0) is 20.8. The predicted octanol–water partition coefficient (Wildman–Crippen LogP) is 4.40. The quantitative estimate of drug-likeness (QED) is 0.679. The number of amides is 1. The third kappa shape index (κ3) is 3.23. The summed E-state index contributed by atoms with van der Waals surface area (Å²) in [5.41, 5.74) is 5.37. The molecule has 30 heavy (non-hydrogen) atoms. The fourth-order valence-corrected chi connectivity index (χ4v) is 4.99. The summed E-state index contributed by atoms with van der Waals surface area (Å²) in [5, 5.41) is 7.92. The largest absolute Gasteiger partial charge is 0.482 e. The van der Waals surface area contributed by atoms with Crippen molar-refractivity contribution in [3.63, 3.8) is 0 Å². The Morgan fingerprint density at radius 3 is 2.67 bits per heavy atom. The van der Waals surface area contributed by atoms with Crippen molar-refractivity contribution in [2.75, 3.05) is 5.32 Å². The SMILES string of the molecule is Cc1ccc(-n2nc3c(c2NC(=O)C2Oc4ccccc4OC2C)CSC3)c(C)c1. The van der Waals surface area contributed by atoms with Gasteiger partial charge in [0.1, 0.15) is 11.9 Å². The molecule has 1 N–H and O–H groups in total. The molecule has 2 atom stereocenters. The molecule has 0 saturated carbocycles. The average Bonchev–Trinajstić information content (AvgIpc) is 3.30. The number of para-hydroxylation sites is 2. The van der Waals surface area contributed by atoms with Gasteiger partial charge in [-0.05, 0) is 44.5 Å². The Hall–Kier alpha value is -2.93. The first-order valence-electron chi connectivity index (χ1n) is 10.0. The van der Waals surface area contributed by atoms with Crippen LogP contribution in [0.5, 0.6) is 11.5 Å². The van der Waals surface area contributed by atoms with Crippen LogP contribution in [-0.2, 0) is 16.3 Å². The summed E-state index contributed by atoms with van der Waals surface area (Å²) >= 11 is 1.81. The molecule has 154 valence electrons. The maximum atomic E-state index is 13.2. The van der Waals surface area contributed by atoms with Crippen molar-refractivity contribution < 1.29 is 14.3 Å². The van der Waals surface area contributed by atoms with Crippen LogP contribution in [0.3, 0.4) is 0 Å². The van der Waals surface area contributed by atoms with Crippen molar-refractivity contribution >= 4 is 23.5 Å². The number of nitrogens with one attached hydrogen (secondary N) is 1. The van der Waals surface area contributed by atoms with Crippen molar-refractivity contribution in [3.05, 3.63) is 64.8 Å². The molecule has 0 bridgehead atoms. The predicted molar refractivity (Wildman–Crippen MR) is 118 cm³/mol. The van der Waals surface area contributed by atoms with Gasteiger partial charge in [-0.1, -0.05) is 29.8 Å². The fourth-order valence-electron chi connectivity index (χ4n) is 3.95. The molecule has 0 radical (unpaired) electrons. The van der Waals surface area contributed by atoms with E-state index in [0.29, 0.717) is 11.5 Å². The van der Waals surface area contributed by atoms with Gasteiger partial charge in [-0.2, -0.15) is 16.9 Å². The molecule has 3 heterocycles. The molecule has 0 spiro atoms. The van der Waals surface area contributed by atoms with E-state index >= 15 is 0 Å². The normalized spacial score (nSPS) is 19.4. The smallest absolute Gasteiger partial charge is 0.270 e. The third-order valence-electron chi connectivity index (χ3n) is 5.47. The molecule has 6 nitrogen and oxygen atoms in total. The van der Waals surface area contributed by atoms with E-state index in [4.69, 9.17) is 14.6 Å². The van der Waals surface area contributed by atoms with E-state index in [1.54, 1.807) is 11.8 Å². The third-order valence-corrected chi connectivity index (χ3v) is 6.45. The number of aromatic nitrogens is 2. The van der Waals surface area contributed by atoms with Crippen molar-refractivity contribution in [1.29, 1.82) is 0 Å². The van der Waals surface area contributed by atoms with Crippen LogP contribution >= 0.6 is 11.8 Å². The first kappa shape index (κ1) is 19.1. The van der Waals surface area contributed by atoms with Crippen LogP contribution in [0.2, 0.25) is 0 Å². The molecule has 2 unspecified atom stereocenters. The Balaban J connectivity index is 1.48. The Morgan fingerprint density at radius 1 is 1.13 bits per heavy atom. The molecule has 3 aromatic rings. The average molecular weight is 422 g/mol. The van der Waals surface area contributed by atoms with E-state index in [2.05, 4.69) is 37.4 Å². The number of fused-ring (bicyclic) bond motifs is 2. The number of aryl methyl sites for hydroxylation is 2. The van der Waals surface area contributed by atoms with Gasteiger partial charge in [0.2, 0.25) is 6.10 Å². The highest BCUT2D eigenvalue weighted by molar-refractivity contribution is 7.98. The van der Waals surface area contributed by atoms with E-state index in [1.165, 1.54) is 5.56 Å². The van der Waals surface area contributed by atoms with Gasteiger partial charge < -0.3 is 14.8 Å². The van der Waals surface area contributed by atoms with Gasteiger partial charge in [-0.15, -0.1) is 0 Å². The number of thioether (sulfide) groups is 1. The molecule has 1 amide bonds. The summed E-state index contributed by atoms with van der Waals surface area (Å²) in [6.07, 6.45) is -1.15. The summed E-state index contributed by atoms with van der Waals surface area (Å²) in [7, 11) is 0. The number of carbonyl (C=O) groups is 1. The second-order valence-corrected chi connectivity index (χ2v) is 8.75. The summed E-state index contributed by atoms with van der Waals surface area (Å²) in [4.78, 5) is 13.2. The number of nitrogens with zero attached hydrogens (tertiary/aromatic N) is 2. The van der Waals surface area contributed by atoms with Gasteiger partial charge in [0, 0.05) is 17.1 Å². The Bertz CT molecular complexity index is 1140. The molecule has 5 rings (SSSR count). The highest BCUT2D eigenvalue weighted by Crippen LogP contribution is 2.38. The Labute approximate surface area is 179 Å². The summed E-state index contributed by atoms with van der Waals surface area (Å²) in [6, 6.07) is 13.7. The van der Waals surface area contributed by atoms with Crippen molar-refractivity contribution in [2.45, 2.75) is 44.5 Å². The molecule has 7 heteroatoms. The molecule has 0 saturated heterocycles. The van der Waals surface area contributed by atoms with Gasteiger partial charge in [0.15, 0.2) is 11.5 Å². The highest BCUT2D eigenvalue weighted by Gasteiger charge is 2.36. The van der Waals surface area contributed by atoms with Gasteiger partial charge in [0.05, 0.1) is 11.4 Å². The molecular weight excluding hydrogens is 398 g/mol. The second-order valence-electron chi connectivity index (χ2n) is 7.77. The number of ether oxygens (including phenoxy) is 2. The van der Waals surface area contributed by atoms with E-state index in [1.807, 2.05) is 35.9 Å². The molecule has 2 aliphatic heterocycles. The maximum absolute atomic E-state index is 13.2. The first-order chi connectivity index (χ1) is 14.5. The maximum Gasteiger partial charge on any atom is 0.270 e. The van der Waals surface area contributed by atoms with Crippen LogP contribution in [0.4, 0.5) is 5.82 Å². The first-order valence-corrected chi connectivity index (χ1v) is 11.2.